The maximum absolute atomic E-state index is 14.2. The van der Waals surface area contributed by atoms with Gasteiger partial charge in [-0.3, -0.25) is 4.79 Å². The minimum atomic E-state index is -4.55. The number of hydrogen-bond donors (Lipinski definition) is 1. The van der Waals surface area contributed by atoms with Crippen molar-refractivity contribution in [3.05, 3.63) is 82.4 Å². The van der Waals surface area contributed by atoms with Crippen molar-refractivity contribution >= 4 is 11.6 Å². The average molecular weight is 525 g/mol. The number of aromatic nitrogens is 2. The Morgan fingerprint density at radius 3 is 2.61 bits per heavy atom. The Labute approximate surface area is 219 Å². The number of rotatable bonds is 7. The molecule has 6 rings (SSSR count). The number of fused-ring (bicyclic) bond motifs is 1. The quantitative estimate of drug-likeness (QED) is 0.449. The van der Waals surface area contributed by atoms with Gasteiger partial charge < -0.3 is 19.5 Å². The van der Waals surface area contributed by atoms with Crippen LogP contribution in [0.1, 0.15) is 70.5 Å². The molecule has 1 amide bonds. The van der Waals surface area contributed by atoms with Gasteiger partial charge in [-0.15, -0.1) is 0 Å². The molecule has 1 aliphatic carbocycles. The standard InChI is InChI=1S/C29H31F3N4O2/c1-28(7-4-8-28)34-14-18-11-22-23(24(12-18)29(30,31)32)15-36(27(22)37)21-6-3-5-19(13-21)25(20-16-38-17-20)26-33-9-10-35(26)2/h3,5-6,9-13,20,25,34H,4,7-8,14-17H2,1-2H3/t25-/m1/s1. The summed E-state index contributed by atoms with van der Waals surface area (Å²) in [6.07, 6.45) is 2.21. The van der Waals surface area contributed by atoms with Gasteiger partial charge in [0.2, 0.25) is 0 Å². The number of imidazole rings is 1. The number of nitrogens with one attached hydrogen (secondary N) is 1. The highest BCUT2D eigenvalue weighted by atomic mass is 19.4. The predicted octanol–water partition coefficient (Wildman–Crippen LogP) is 5.41. The van der Waals surface area contributed by atoms with Crippen LogP contribution in [0.25, 0.3) is 0 Å². The number of carbonyl (C=O) groups is 1. The number of hydrogen-bond acceptors (Lipinski definition) is 4. The van der Waals surface area contributed by atoms with Gasteiger partial charge in [0.15, 0.2) is 0 Å². The second kappa shape index (κ2) is 9.24. The number of alkyl halides is 3. The van der Waals surface area contributed by atoms with Crippen LogP contribution in [0.2, 0.25) is 0 Å². The lowest BCUT2D eigenvalue weighted by Crippen LogP contribution is -2.47. The van der Waals surface area contributed by atoms with Crippen LogP contribution in [0.5, 0.6) is 0 Å². The third-order valence-corrected chi connectivity index (χ3v) is 8.40. The van der Waals surface area contributed by atoms with Crippen LogP contribution < -0.4 is 10.2 Å². The number of ether oxygens (including phenoxy) is 1. The Bertz CT molecular complexity index is 1370. The summed E-state index contributed by atoms with van der Waals surface area (Å²) in [4.78, 5) is 19.6. The first-order chi connectivity index (χ1) is 18.1. The Hall–Kier alpha value is -3.17. The van der Waals surface area contributed by atoms with Crippen LogP contribution in [-0.2, 0) is 31.1 Å². The van der Waals surface area contributed by atoms with Gasteiger partial charge in [0.1, 0.15) is 5.82 Å². The number of carbonyl (C=O) groups excluding carboxylic acids is 1. The van der Waals surface area contributed by atoms with E-state index >= 15 is 0 Å². The molecular weight excluding hydrogens is 493 g/mol. The van der Waals surface area contributed by atoms with E-state index in [0.29, 0.717) is 31.0 Å². The number of benzene rings is 2. The fourth-order valence-electron chi connectivity index (χ4n) is 5.87. The van der Waals surface area contributed by atoms with Gasteiger partial charge in [0.05, 0.1) is 25.3 Å². The second-order valence-electron chi connectivity index (χ2n) is 11.1. The van der Waals surface area contributed by atoms with Gasteiger partial charge in [-0.25, -0.2) is 4.98 Å². The first-order valence-corrected chi connectivity index (χ1v) is 13.1. The van der Waals surface area contributed by atoms with E-state index in [9.17, 15) is 18.0 Å². The van der Waals surface area contributed by atoms with E-state index in [1.165, 1.54) is 11.0 Å². The molecule has 2 fully saturated rings. The van der Waals surface area contributed by atoms with Crippen molar-refractivity contribution < 1.29 is 22.7 Å². The van der Waals surface area contributed by atoms with Crippen molar-refractivity contribution in [2.45, 2.75) is 56.9 Å². The summed E-state index contributed by atoms with van der Waals surface area (Å²) in [6.45, 7) is 3.49. The van der Waals surface area contributed by atoms with Gasteiger partial charge in [-0.1, -0.05) is 12.1 Å². The molecule has 0 unspecified atom stereocenters. The number of nitrogens with zero attached hydrogens (tertiary/aromatic N) is 3. The molecule has 1 saturated carbocycles. The van der Waals surface area contributed by atoms with Crippen molar-refractivity contribution in [1.82, 2.24) is 14.9 Å². The maximum Gasteiger partial charge on any atom is 0.416 e. The third kappa shape index (κ3) is 4.41. The summed E-state index contributed by atoms with van der Waals surface area (Å²) < 4.78 is 49.9. The zero-order valence-electron chi connectivity index (χ0n) is 21.5. The summed E-state index contributed by atoms with van der Waals surface area (Å²) in [6, 6.07) is 10.4. The van der Waals surface area contributed by atoms with Crippen LogP contribution in [0.4, 0.5) is 18.9 Å². The van der Waals surface area contributed by atoms with Gasteiger partial charge in [0.25, 0.3) is 5.91 Å². The zero-order valence-corrected chi connectivity index (χ0v) is 21.5. The van der Waals surface area contributed by atoms with Gasteiger partial charge >= 0.3 is 6.18 Å². The Balaban J connectivity index is 1.33. The highest BCUT2D eigenvalue weighted by Crippen LogP contribution is 2.41. The molecule has 2 aliphatic heterocycles. The molecule has 2 aromatic carbocycles. The van der Waals surface area contributed by atoms with E-state index in [0.717, 1.165) is 30.7 Å². The summed E-state index contributed by atoms with van der Waals surface area (Å²) >= 11 is 0. The average Bonchev–Trinajstić information content (AvgIpc) is 3.40. The van der Waals surface area contributed by atoms with E-state index in [2.05, 4.69) is 17.2 Å². The van der Waals surface area contributed by atoms with Gasteiger partial charge in [0, 0.05) is 54.6 Å². The minimum Gasteiger partial charge on any atom is -0.381 e. The van der Waals surface area contributed by atoms with Crippen molar-refractivity contribution in [2.75, 3.05) is 18.1 Å². The molecule has 6 nitrogen and oxygen atoms in total. The van der Waals surface area contributed by atoms with Gasteiger partial charge in [-0.05, 0) is 67.1 Å². The lowest BCUT2D eigenvalue weighted by Gasteiger charge is -2.39. The van der Waals surface area contributed by atoms with Gasteiger partial charge in [-0.2, -0.15) is 13.2 Å². The van der Waals surface area contributed by atoms with E-state index in [1.807, 2.05) is 36.0 Å². The highest BCUT2D eigenvalue weighted by Gasteiger charge is 2.41. The van der Waals surface area contributed by atoms with E-state index in [1.54, 1.807) is 18.3 Å². The van der Waals surface area contributed by atoms with Crippen LogP contribution in [0.3, 0.4) is 0 Å². The molecule has 0 radical (unpaired) electrons. The van der Waals surface area contributed by atoms with Crippen LogP contribution in [0, 0.1) is 5.92 Å². The molecule has 3 heterocycles. The summed E-state index contributed by atoms with van der Waals surface area (Å²) in [5.41, 5.74) is 1.42. The molecule has 9 heteroatoms. The van der Waals surface area contributed by atoms with Crippen LogP contribution in [0.15, 0.2) is 48.8 Å². The molecule has 1 N–H and O–H groups in total. The first kappa shape index (κ1) is 25.1. The summed E-state index contributed by atoms with van der Waals surface area (Å²) in [5, 5.41) is 3.39. The van der Waals surface area contributed by atoms with E-state index < -0.39 is 17.6 Å². The molecule has 1 atom stereocenters. The maximum atomic E-state index is 14.2. The molecule has 1 saturated heterocycles. The minimum absolute atomic E-state index is 0.0413. The molecule has 0 bridgehead atoms. The fourth-order valence-corrected chi connectivity index (χ4v) is 5.87. The van der Waals surface area contributed by atoms with E-state index in [4.69, 9.17) is 4.74 Å². The predicted molar refractivity (Wildman–Crippen MR) is 137 cm³/mol. The van der Waals surface area contributed by atoms with Crippen molar-refractivity contribution in [2.24, 2.45) is 13.0 Å². The smallest absolute Gasteiger partial charge is 0.381 e. The molecule has 0 spiro atoms. The normalized spacial score (nSPS) is 19.7. The second-order valence-corrected chi connectivity index (χ2v) is 11.1. The zero-order chi connectivity index (χ0) is 26.7. The van der Waals surface area contributed by atoms with Crippen molar-refractivity contribution in [3.8, 4) is 0 Å². The number of anilines is 1. The molecule has 38 heavy (non-hydrogen) atoms. The lowest BCUT2D eigenvalue weighted by atomic mass is 9.78. The Morgan fingerprint density at radius 2 is 2.00 bits per heavy atom. The largest absolute Gasteiger partial charge is 0.416 e. The summed E-state index contributed by atoms with van der Waals surface area (Å²) in [7, 11) is 1.94. The van der Waals surface area contributed by atoms with Crippen molar-refractivity contribution in [3.63, 3.8) is 0 Å². The number of aryl methyl sites for hydroxylation is 1. The SMILES string of the molecule is Cn1ccnc1[C@H](c1cccc(N2Cc3c(cc(CNC4(C)CCC4)cc3C(F)(F)F)C2=O)c1)C1COC1. The van der Waals surface area contributed by atoms with Crippen LogP contribution >= 0.6 is 0 Å². The molecule has 3 aliphatic rings. The molecule has 1 aromatic heterocycles. The fraction of sp³-hybridized carbons (Fsp3) is 0.448. The Kier molecular flexibility index (Phi) is 6.11. The third-order valence-electron chi connectivity index (χ3n) is 8.40. The first-order valence-electron chi connectivity index (χ1n) is 13.1. The van der Waals surface area contributed by atoms with Crippen molar-refractivity contribution in [1.29, 1.82) is 0 Å². The monoisotopic (exact) mass is 524 g/mol. The topological polar surface area (TPSA) is 59.4 Å². The molecule has 3 aromatic rings. The molecular formula is C29H31F3N4O2. The summed E-state index contributed by atoms with van der Waals surface area (Å²) in [5.74, 6) is 0.685. The highest BCUT2D eigenvalue weighted by molar-refractivity contribution is 6.10. The number of halogens is 3. The lowest BCUT2D eigenvalue weighted by molar-refractivity contribution is -0.138. The number of amides is 1. The Morgan fingerprint density at radius 1 is 1.21 bits per heavy atom. The van der Waals surface area contributed by atoms with E-state index in [-0.39, 0.29) is 35.0 Å². The van der Waals surface area contributed by atoms with Crippen LogP contribution in [-0.4, -0.2) is 34.2 Å². The molecule has 200 valence electrons.